The number of fused-ring (bicyclic) bond motifs is 1. The van der Waals surface area contributed by atoms with Gasteiger partial charge in [-0.15, -0.1) is 11.3 Å². The molecule has 0 aromatic carbocycles. The molecule has 19 heavy (non-hydrogen) atoms. The molecular formula is C12H8ClN3O2S. The smallest absolute Gasteiger partial charge is 0.338 e. The van der Waals surface area contributed by atoms with Gasteiger partial charge in [0.15, 0.2) is 5.65 Å². The molecule has 0 atom stereocenters. The van der Waals surface area contributed by atoms with Crippen molar-refractivity contribution >= 4 is 39.9 Å². The Morgan fingerprint density at radius 1 is 1.47 bits per heavy atom. The lowest BCUT2D eigenvalue weighted by Crippen LogP contribution is -2.03. The predicted molar refractivity (Wildman–Crippen MR) is 72.9 cm³/mol. The molecule has 0 fully saturated rings. The summed E-state index contributed by atoms with van der Waals surface area (Å²) in [6, 6.07) is 3.97. The van der Waals surface area contributed by atoms with E-state index in [2.05, 4.69) is 10.1 Å². The fraction of sp³-hybridized carbons (Fsp3) is 0.0833. The summed E-state index contributed by atoms with van der Waals surface area (Å²) in [7, 11) is 0. The standard InChI is InChI=1S/C12H8ClN3O2S/c13-10-8-5-15-16(6-7-2-1-3-19-7)11(8)14-4-9(10)12(17)18/h1-5H,6H2,(H,17,18). The largest absolute Gasteiger partial charge is 0.478 e. The van der Waals surface area contributed by atoms with Crippen molar-refractivity contribution in [3.05, 3.63) is 45.4 Å². The van der Waals surface area contributed by atoms with Crippen LogP contribution in [0.1, 0.15) is 15.2 Å². The van der Waals surface area contributed by atoms with Crippen molar-refractivity contribution in [2.24, 2.45) is 0 Å². The molecule has 0 amide bonds. The van der Waals surface area contributed by atoms with Gasteiger partial charge in [0.05, 0.1) is 28.7 Å². The van der Waals surface area contributed by atoms with Gasteiger partial charge in [-0.3, -0.25) is 0 Å². The second-order valence-corrected chi connectivity index (χ2v) is 5.32. The summed E-state index contributed by atoms with van der Waals surface area (Å²) in [5, 5.41) is 15.9. The second kappa shape index (κ2) is 4.64. The lowest BCUT2D eigenvalue weighted by molar-refractivity contribution is 0.0697. The summed E-state index contributed by atoms with van der Waals surface area (Å²) in [6.45, 7) is 0.594. The molecule has 5 nitrogen and oxygen atoms in total. The van der Waals surface area contributed by atoms with Crippen LogP contribution in [0.25, 0.3) is 11.0 Å². The molecule has 3 rings (SSSR count). The van der Waals surface area contributed by atoms with Gasteiger partial charge >= 0.3 is 5.97 Å². The van der Waals surface area contributed by atoms with E-state index in [-0.39, 0.29) is 10.6 Å². The fourth-order valence-electron chi connectivity index (χ4n) is 1.81. The van der Waals surface area contributed by atoms with E-state index in [9.17, 15) is 4.79 Å². The molecule has 3 heterocycles. The average Bonchev–Trinajstić information content (AvgIpc) is 3.00. The minimum atomic E-state index is -1.09. The minimum absolute atomic E-state index is 0.00941. The van der Waals surface area contributed by atoms with E-state index in [1.807, 2.05) is 17.5 Å². The van der Waals surface area contributed by atoms with Gasteiger partial charge in [0.2, 0.25) is 0 Å². The number of aromatic nitrogens is 3. The Morgan fingerprint density at radius 3 is 3.00 bits per heavy atom. The number of thiophene rings is 1. The van der Waals surface area contributed by atoms with Crippen LogP contribution in [0.15, 0.2) is 29.9 Å². The summed E-state index contributed by atoms with van der Waals surface area (Å²) >= 11 is 7.69. The first-order valence-electron chi connectivity index (χ1n) is 5.42. The molecule has 0 unspecified atom stereocenters. The number of hydrogen-bond acceptors (Lipinski definition) is 4. The van der Waals surface area contributed by atoms with Crippen molar-refractivity contribution in [2.45, 2.75) is 6.54 Å². The molecule has 0 aliphatic rings. The van der Waals surface area contributed by atoms with Gasteiger partial charge in [-0.2, -0.15) is 5.10 Å². The number of halogens is 1. The second-order valence-electron chi connectivity index (χ2n) is 3.91. The molecule has 7 heteroatoms. The van der Waals surface area contributed by atoms with E-state index in [4.69, 9.17) is 16.7 Å². The zero-order valence-corrected chi connectivity index (χ0v) is 11.1. The number of nitrogens with zero attached hydrogens (tertiary/aromatic N) is 3. The number of aromatic carboxylic acids is 1. The Labute approximate surface area is 117 Å². The maximum Gasteiger partial charge on any atom is 0.338 e. The van der Waals surface area contributed by atoms with Crippen molar-refractivity contribution < 1.29 is 9.90 Å². The third-order valence-electron chi connectivity index (χ3n) is 2.72. The van der Waals surface area contributed by atoms with Crippen LogP contribution in [0.2, 0.25) is 5.02 Å². The molecule has 3 aromatic rings. The van der Waals surface area contributed by atoms with Crippen molar-refractivity contribution in [1.82, 2.24) is 14.8 Å². The highest BCUT2D eigenvalue weighted by Crippen LogP contribution is 2.26. The van der Waals surface area contributed by atoms with Gasteiger partial charge in [-0.25, -0.2) is 14.5 Å². The highest BCUT2D eigenvalue weighted by atomic mass is 35.5. The van der Waals surface area contributed by atoms with Crippen molar-refractivity contribution in [2.75, 3.05) is 0 Å². The van der Waals surface area contributed by atoms with Gasteiger partial charge in [-0.1, -0.05) is 17.7 Å². The summed E-state index contributed by atoms with van der Waals surface area (Å²) in [5.41, 5.74) is 0.577. The first-order valence-corrected chi connectivity index (χ1v) is 6.68. The van der Waals surface area contributed by atoms with Gasteiger partial charge in [0.1, 0.15) is 0 Å². The monoisotopic (exact) mass is 293 g/mol. The lowest BCUT2D eigenvalue weighted by Gasteiger charge is -2.02. The summed E-state index contributed by atoms with van der Waals surface area (Å²) in [6.07, 6.45) is 2.81. The highest BCUT2D eigenvalue weighted by Gasteiger charge is 2.16. The Hall–Kier alpha value is -1.92. The molecule has 0 bridgehead atoms. The van der Waals surface area contributed by atoms with E-state index in [1.54, 1.807) is 22.2 Å². The highest BCUT2D eigenvalue weighted by molar-refractivity contribution is 7.09. The number of rotatable bonds is 3. The van der Waals surface area contributed by atoms with Crippen LogP contribution in [-0.4, -0.2) is 25.8 Å². The molecule has 0 aliphatic carbocycles. The molecule has 0 saturated carbocycles. The number of pyridine rings is 1. The number of carboxylic acid groups (broad SMARTS) is 1. The van der Waals surface area contributed by atoms with Gasteiger partial charge in [-0.05, 0) is 11.4 Å². The van der Waals surface area contributed by atoms with Crippen LogP contribution in [0.5, 0.6) is 0 Å². The zero-order valence-electron chi connectivity index (χ0n) is 9.58. The average molecular weight is 294 g/mol. The van der Waals surface area contributed by atoms with E-state index in [0.29, 0.717) is 17.6 Å². The third kappa shape index (κ3) is 2.09. The van der Waals surface area contributed by atoms with E-state index >= 15 is 0 Å². The fourth-order valence-corrected chi connectivity index (χ4v) is 2.76. The molecule has 0 aliphatic heterocycles. The first-order chi connectivity index (χ1) is 9.16. The molecule has 0 spiro atoms. The molecule has 0 saturated heterocycles. The minimum Gasteiger partial charge on any atom is -0.478 e. The third-order valence-corrected chi connectivity index (χ3v) is 3.98. The number of carbonyl (C=O) groups is 1. The van der Waals surface area contributed by atoms with Crippen LogP contribution in [0.3, 0.4) is 0 Å². The Balaban J connectivity index is 2.09. The summed E-state index contributed by atoms with van der Waals surface area (Å²) in [5.74, 6) is -1.09. The lowest BCUT2D eigenvalue weighted by atomic mass is 10.2. The molecule has 1 N–H and O–H groups in total. The summed E-state index contributed by atoms with van der Waals surface area (Å²) in [4.78, 5) is 16.3. The number of carboxylic acids is 1. The predicted octanol–water partition coefficient (Wildman–Crippen LogP) is 2.89. The van der Waals surface area contributed by atoms with Crippen LogP contribution >= 0.6 is 22.9 Å². The quantitative estimate of drug-likeness (QED) is 0.806. The molecule has 96 valence electrons. The van der Waals surface area contributed by atoms with Gasteiger partial charge in [0, 0.05) is 11.1 Å². The van der Waals surface area contributed by atoms with Crippen molar-refractivity contribution in [1.29, 1.82) is 0 Å². The first kappa shape index (κ1) is 12.1. The maximum atomic E-state index is 11.0. The Kier molecular flexibility index (Phi) is 2.96. The van der Waals surface area contributed by atoms with Crippen LogP contribution in [-0.2, 0) is 6.54 Å². The van der Waals surface area contributed by atoms with E-state index in [0.717, 1.165) is 4.88 Å². The Morgan fingerprint density at radius 2 is 2.32 bits per heavy atom. The normalized spacial score (nSPS) is 11.0. The number of hydrogen-bond donors (Lipinski definition) is 1. The summed E-state index contributed by atoms with van der Waals surface area (Å²) < 4.78 is 1.71. The van der Waals surface area contributed by atoms with E-state index in [1.165, 1.54) is 6.20 Å². The molecule has 0 radical (unpaired) electrons. The molecule has 3 aromatic heterocycles. The van der Waals surface area contributed by atoms with Crippen LogP contribution < -0.4 is 0 Å². The maximum absolute atomic E-state index is 11.0. The zero-order chi connectivity index (χ0) is 13.4. The SMILES string of the molecule is O=C(O)c1cnc2c(cnn2Cc2cccs2)c1Cl. The van der Waals surface area contributed by atoms with Crippen molar-refractivity contribution in [3.8, 4) is 0 Å². The Bertz CT molecular complexity index is 752. The van der Waals surface area contributed by atoms with E-state index < -0.39 is 5.97 Å². The van der Waals surface area contributed by atoms with Gasteiger partial charge < -0.3 is 5.11 Å². The van der Waals surface area contributed by atoms with Crippen LogP contribution in [0.4, 0.5) is 0 Å². The topological polar surface area (TPSA) is 68.0 Å². The molecular weight excluding hydrogens is 286 g/mol. The van der Waals surface area contributed by atoms with Gasteiger partial charge in [0.25, 0.3) is 0 Å². The van der Waals surface area contributed by atoms with Crippen molar-refractivity contribution in [3.63, 3.8) is 0 Å². The van der Waals surface area contributed by atoms with Crippen LogP contribution in [0, 0.1) is 0 Å².